The number of methoxy groups -OCH3 is 1. The Kier molecular flexibility index (Phi) is 5.76. The average Bonchev–Trinajstić information content (AvgIpc) is 3.07. The first kappa shape index (κ1) is 21.7. The van der Waals surface area contributed by atoms with Gasteiger partial charge in [0.1, 0.15) is 6.61 Å². The van der Waals surface area contributed by atoms with Gasteiger partial charge >= 0.3 is 0 Å². The number of carbonyl (C=O) groups is 1. The summed E-state index contributed by atoms with van der Waals surface area (Å²) in [5.41, 5.74) is 6.28. The Morgan fingerprint density at radius 2 is 1.94 bits per heavy atom. The van der Waals surface area contributed by atoms with Crippen LogP contribution in [-0.2, 0) is 6.54 Å². The van der Waals surface area contributed by atoms with Crippen molar-refractivity contribution in [3.05, 3.63) is 89.5 Å². The van der Waals surface area contributed by atoms with E-state index in [1.54, 1.807) is 13.3 Å². The van der Waals surface area contributed by atoms with Crippen molar-refractivity contribution < 1.29 is 14.3 Å². The van der Waals surface area contributed by atoms with Crippen molar-refractivity contribution in [2.45, 2.75) is 20.4 Å². The Balaban J connectivity index is 1.47. The monoisotopic (exact) mass is 454 g/mol. The largest absolute Gasteiger partial charge is 0.493 e. The van der Waals surface area contributed by atoms with E-state index >= 15 is 0 Å². The number of pyridine rings is 1. The third-order valence-electron chi connectivity index (χ3n) is 5.95. The van der Waals surface area contributed by atoms with Crippen LogP contribution in [0.3, 0.4) is 0 Å². The molecule has 1 aliphatic heterocycles. The quantitative estimate of drug-likeness (QED) is 0.451. The van der Waals surface area contributed by atoms with Gasteiger partial charge in [-0.1, -0.05) is 12.1 Å². The molecule has 34 heavy (non-hydrogen) atoms. The fraction of sp³-hybridized carbons (Fsp3) is 0.222. The zero-order chi connectivity index (χ0) is 23.7. The molecule has 2 aromatic heterocycles. The van der Waals surface area contributed by atoms with Crippen LogP contribution < -0.4 is 9.47 Å². The van der Waals surface area contributed by atoms with E-state index < -0.39 is 0 Å². The summed E-state index contributed by atoms with van der Waals surface area (Å²) in [5.74, 6) is 1.28. The summed E-state index contributed by atoms with van der Waals surface area (Å²) in [6.07, 6.45) is 3.56. The van der Waals surface area contributed by atoms with Crippen molar-refractivity contribution in [3.63, 3.8) is 0 Å². The van der Waals surface area contributed by atoms with Gasteiger partial charge in [0.25, 0.3) is 5.91 Å². The molecule has 7 nitrogen and oxygen atoms in total. The summed E-state index contributed by atoms with van der Waals surface area (Å²) in [5, 5.41) is 4.55. The Hall–Kier alpha value is -4.13. The van der Waals surface area contributed by atoms with Crippen molar-refractivity contribution in [1.29, 1.82) is 0 Å². The van der Waals surface area contributed by atoms with Gasteiger partial charge in [-0.15, -0.1) is 0 Å². The molecular formula is C27H26N4O3. The maximum atomic E-state index is 13.5. The highest BCUT2D eigenvalue weighted by molar-refractivity contribution is 5.95. The number of benzene rings is 2. The van der Waals surface area contributed by atoms with Crippen molar-refractivity contribution in [2.24, 2.45) is 0 Å². The molecular weight excluding hydrogens is 428 g/mol. The predicted octanol–water partition coefficient (Wildman–Crippen LogP) is 4.59. The Morgan fingerprint density at radius 3 is 2.68 bits per heavy atom. The van der Waals surface area contributed by atoms with Gasteiger partial charge in [0, 0.05) is 41.3 Å². The number of nitrogens with zero attached hydrogens (tertiary/aromatic N) is 4. The van der Waals surface area contributed by atoms with Crippen molar-refractivity contribution in [3.8, 4) is 28.3 Å². The average molecular weight is 455 g/mol. The fourth-order valence-electron chi connectivity index (χ4n) is 4.35. The van der Waals surface area contributed by atoms with E-state index in [1.807, 2.05) is 84.2 Å². The van der Waals surface area contributed by atoms with Gasteiger partial charge < -0.3 is 14.4 Å². The number of rotatable bonds is 4. The molecule has 2 aromatic carbocycles. The van der Waals surface area contributed by atoms with Gasteiger partial charge in [0.2, 0.25) is 0 Å². The summed E-state index contributed by atoms with van der Waals surface area (Å²) in [6.45, 7) is 5.25. The molecule has 0 spiro atoms. The smallest absolute Gasteiger partial charge is 0.254 e. The number of aryl methyl sites for hydroxylation is 2. The minimum atomic E-state index is -0.0504. The van der Waals surface area contributed by atoms with Gasteiger partial charge in [0.15, 0.2) is 11.5 Å². The third-order valence-corrected chi connectivity index (χ3v) is 5.95. The zero-order valence-corrected chi connectivity index (χ0v) is 19.5. The lowest BCUT2D eigenvalue weighted by Crippen LogP contribution is -2.32. The number of amides is 1. The van der Waals surface area contributed by atoms with Crippen LogP contribution in [0.15, 0.2) is 67.0 Å². The molecule has 172 valence electrons. The molecule has 4 aromatic rings. The molecule has 0 N–H and O–H groups in total. The Bertz CT molecular complexity index is 1350. The molecule has 0 bridgehead atoms. The molecule has 0 saturated carbocycles. The fourth-order valence-corrected chi connectivity index (χ4v) is 4.35. The molecule has 5 rings (SSSR count). The standard InChI is InChI=1S/C27H26N4O3/c1-18-12-19(2)31(29-18)24-8-4-6-20(14-24)27(32)30-10-11-34-26-23(17-30)13-22(15-25(26)33-3)21-7-5-9-28-16-21/h4-9,12-16H,10-11,17H2,1-3H3. The van der Waals surface area contributed by atoms with Crippen LogP contribution >= 0.6 is 0 Å². The van der Waals surface area contributed by atoms with Crippen LogP contribution in [0.4, 0.5) is 0 Å². The summed E-state index contributed by atoms with van der Waals surface area (Å²) in [6, 6.07) is 17.5. The molecule has 0 radical (unpaired) electrons. The number of hydrogen-bond donors (Lipinski definition) is 0. The predicted molar refractivity (Wildman–Crippen MR) is 129 cm³/mol. The second-order valence-electron chi connectivity index (χ2n) is 8.37. The SMILES string of the molecule is COc1cc(-c2cccnc2)cc2c1OCCN(C(=O)c1cccc(-n3nc(C)cc3C)c1)C2. The topological polar surface area (TPSA) is 69.5 Å². The highest BCUT2D eigenvalue weighted by Gasteiger charge is 2.24. The summed E-state index contributed by atoms with van der Waals surface area (Å²) in [4.78, 5) is 19.6. The lowest BCUT2D eigenvalue weighted by molar-refractivity contribution is 0.0733. The van der Waals surface area contributed by atoms with Gasteiger partial charge in [0.05, 0.1) is 25.0 Å². The zero-order valence-electron chi connectivity index (χ0n) is 19.5. The number of hydrogen-bond acceptors (Lipinski definition) is 5. The van der Waals surface area contributed by atoms with Crippen LogP contribution in [0.2, 0.25) is 0 Å². The van der Waals surface area contributed by atoms with Crippen molar-refractivity contribution >= 4 is 5.91 Å². The van der Waals surface area contributed by atoms with E-state index in [0.717, 1.165) is 33.8 Å². The van der Waals surface area contributed by atoms with Crippen LogP contribution in [0, 0.1) is 13.8 Å². The molecule has 1 amide bonds. The molecule has 0 fully saturated rings. The number of aromatic nitrogens is 3. The number of fused-ring (bicyclic) bond motifs is 1. The highest BCUT2D eigenvalue weighted by Crippen LogP contribution is 2.38. The number of carbonyl (C=O) groups excluding carboxylic acids is 1. The molecule has 0 atom stereocenters. The van der Waals surface area contributed by atoms with Crippen LogP contribution in [0.5, 0.6) is 11.5 Å². The van der Waals surface area contributed by atoms with E-state index in [2.05, 4.69) is 10.1 Å². The first-order chi connectivity index (χ1) is 16.5. The minimum Gasteiger partial charge on any atom is -0.493 e. The van der Waals surface area contributed by atoms with E-state index in [-0.39, 0.29) is 5.91 Å². The highest BCUT2D eigenvalue weighted by atomic mass is 16.5. The van der Waals surface area contributed by atoms with Crippen LogP contribution in [0.25, 0.3) is 16.8 Å². The number of ether oxygens (including phenoxy) is 2. The normalized spacial score (nSPS) is 13.1. The van der Waals surface area contributed by atoms with Crippen molar-refractivity contribution in [1.82, 2.24) is 19.7 Å². The van der Waals surface area contributed by atoms with Crippen LogP contribution in [-0.4, -0.2) is 45.8 Å². The first-order valence-corrected chi connectivity index (χ1v) is 11.2. The Labute approximate surface area is 198 Å². The molecule has 0 aliphatic carbocycles. The molecule has 3 heterocycles. The molecule has 0 unspecified atom stereocenters. The molecule has 0 saturated heterocycles. The molecule has 7 heteroatoms. The first-order valence-electron chi connectivity index (χ1n) is 11.2. The maximum absolute atomic E-state index is 13.5. The van der Waals surface area contributed by atoms with Gasteiger partial charge in [-0.3, -0.25) is 9.78 Å². The summed E-state index contributed by atoms with van der Waals surface area (Å²) in [7, 11) is 1.63. The summed E-state index contributed by atoms with van der Waals surface area (Å²) >= 11 is 0. The van der Waals surface area contributed by atoms with Gasteiger partial charge in [-0.05, 0) is 61.9 Å². The van der Waals surface area contributed by atoms with E-state index in [1.165, 1.54) is 0 Å². The Morgan fingerprint density at radius 1 is 1.06 bits per heavy atom. The van der Waals surface area contributed by atoms with E-state index in [9.17, 15) is 4.79 Å². The van der Waals surface area contributed by atoms with E-state index in [4.69, 9.17) is 9.47 Å². The maximum Gasteiger partial charge on any atom is 0.254 e. The minimum absolute atomic E-state index is 0.0504. The van der Waals surface area contributed by atoms with E-state index in [0.29, 0.717) is 36.8 Å². The second kappa shape index (κ2) is 9.02. The lowest BCUT2D eigenvalue weighted by Gasteiger charge is -2.21. The lowest BCUT2D eigenvalue weighted by atomic mass is 10.0. The van der Waals surface area contributed by atoms with Gasteiger partial charge in [-0.25, -0.2) is 4.68 Å². The summed E-state index contributed by atoms with van der Waals surface area (Å²) < 4.78 is 13.5. The third kappa shape index (κ3) is 4.12. The second-order valence-corrected chi connectivity index (χ2v) is 8.37. The van der Waals surface area contributed by atoms with Gasteiger partial charge in [-0.2, -0.15) is 5.10 Å². The molecule has 1 aliphatic rings. The van der Waals surface area contributed by atoms with Crippen LogP contribution in [0.1, 0.15) is 27.3 Å². The van der Waals surface area contributed by atoms with Crippen molar-refractivity contribution in [2.75, 3.05) is 20.3 Å².